The molecule has 0 atom stereocenters. The van der Waals surface area contributed by atoms with E-state index in [0.717, 1.165) is 6.26 Å². The van der Waals surface area contributed by atoms with Crippen molar-refractivity contribution in [3.05, 3.63) is 10.7 Å². The Balaban J connectivity index is 3.46. The van der Waals surface area contributed by atoms with Crippen LogP contribution < -0.4 is 5.32 Å². The van der Waals surface area contributed by atoms with Gasteiger partial charge in [0.05, 0.1) is 0 Å². The van der Waals surface area contributed by atoms with Gasteiger partial charge in [-0.05, 0) is 6.92 Å². The molecular weight excluding hydrogens is 226 g/mol. The summed E-state index contributed by atoms with van der Waals surface area (Å²) >= 11 is 5.75. The number of nitrogens with zero attached hydrogens (tertiary/aromatic N) is 2. The average Bonchev–Trinajstić information content (AvgIpc) is 2.07. The predicted molar refractivity (Wildman–Crippen MR) is 54.4 cm³/mol. The van der Waals surface area contributed by atoms with Crippen LogP contribution in [0.5, 0.6) is 0 Å². The summed E-state index contributed by atoms with van der Waals surface area (Å²) in [6.07, 6.45) is 1.04. The molecule has 0 amide bonds. The largest absolute Gasteiger partial charge is 0.373 e. The van der Waals surface area contributed by atoms with Crippen LogP contribution in [-0.4, -0.2) is 31.7 Å². The van der Waals surface area contributed by atoms with E-state index >= 15 is 0 Å². The second-order valence-electron chi connectivity index (χ2n) is 2.79. The highest BCUT2D eigenvalue weighted by Crippen LogP contribution is 2.20. The van der Waals surface area contributed by atoms with Crippen molar-refractivity contribution in [2.75, 3.05) is 18.6 Å². The lowest BCUT2D eigenvalue weighted by atomic mass is 10.3. The molecule has 0 aliphatic carbocycles. The monoisotopic (exact) mass is 235 g/mol. The molecule has 0 aromatic carbocycles. The summed E-state index contributed by atoms with van der Waals surface area (Å²) in [4.78, 5) is 7.51. The van der Waals surface area contributed by atoms with Crippen molar-refractivity contribution in [1.29, 1.82) is 0 Å². The number of sulfone groups is 1. The van der Waals surface area contributed by atoms with E-state index in [1.54, 1.807) is 14.0 Å². The highest BCUT2D eigenvalue weighted by molar-refractivity contribution is 7.90. The van der Waals surface area contributed by atoms with Crippen LogP contribution in [-0.2, 0) is 9.84 Å². The highest BCUT2D eigenvalue weighted by Gasteiger charge is 2.15. The van der Waals surface area contributed by atoms with Crippen molar-refractivity contribution in [3.63, 3.8) is 0 Å². The number of hydrogen-bond acceptors (Lipinski definition) is 5. The first-order valence-electron chi connectivity index (χ1n) is 3.78. The van der Waals surface area contributed by atoms with E-state index in [1.165, 1.54) is 0 Å². The molecule has 0 radical (unpaired) electrons. The molecule has 1 aromatic heterocycles. The maximum Gasteiger partial charge on any atom is 0.250 e. The van der Waals surface area contributed by atoms with Gasteiger partial charge in [-0.15, -0.1) is 0 Å². The molecule has 0 bridgehead atoms. The van der Waals surface area contributed by atoms with Crippen LogP contribution in [0.2, 0.25) is 5.15 Å². The van der Waals surface area contributed by atoms with Crippen molar-refractivity contribution in [1.82, 2.24) is 9.97 Å². The Morgan fingerprint density at radius 3 is 2.36 bits per heavy atom. The number of aromatic nitrogens is 2. The van der Waals surface area contributed by atoms with E-state index in [-0.39, 0.29) is 10.3 Å². The van der Waals surface area contributed by atoms with Gasteiger partial charge in [0, 0.05) is 18.9 Å². The molecule has 5 nitrogen and oxygen atoms in total. The summed E-state index contributed by atoms with van der Waals surface area (Å²) in [5.41, 5.74) is 0.626. The van der Waals surface area contributed by atoms with Crippen LogP contribution in [0.15, 0.2) is 5.16 Å². The lowest BCUT2D eigenvalue weighted by Crippen LogP contribution is -2.08. The Morgan fingerprint density at radius 1 is 1.36 bits per heavy atom. The number of hydrogen-bond donors (Lipinski definition) is 1. The van der Waals surface area contributed by atoms with Crippen LogP contribution in [0.1, 0.15) is 5.56 Å². The van der Waals surface area contributed by atoms with Gasteiger partial charge in [-0.1, -0.05) is 11.6 Å². The molecule has 0 aliphatic rings. The van der Waals surface area contributed by atoms with E-state index in [1.807, 2.05) is 0 Å². The van der Waals surface area contributed by atoms with Gasteiger partial charge in [0.2, 0.25) is 15.0 Å². The van der Waals surface area contributed by atoms with Gasteiger partial charge in [0.25, 0.3) is 0 Å². The van der Waals surface area contributed by atoms with Crippen molar-refractivity contribution in [2.45, 2.75) is 12.1 Å². The number of rotatable bonds is 2. The minimum atomic E-state index is -3.42. The van der Waals surface area contributed by atoms with E-state index in [2.05, 4.69) is 15.3 Å². The van der Waals surface area contributed by atoms with E-state index in [0.29, 0.717) is 11.4 Å². The smallest absolute Gasteiger partial charge is 0.250 e. The minimum Gasteiger partial charge on any atom is -0.373 e. The molecular formula is C7H10ClN3O2S. The van der Waals surface area contributed by atoms with Gasteiger partial charge in [0.1, 0.15) is 11.0 Å². The Hall–Kier alpha value is -0.880. The summed E-state index contributed by atoms with van der Waals surface area (Å²) < 4.78 is 22.3. The number of anilines is 1. The summed E-state index contributed by atoms with van der Waals surface area (Å²) in [6, 6.07) is 0. The third kappa shape index (κ3) is 2.13. The lowest BCUT2D eigenvalue weighted by molar-refractivity contribution is 0.593. The van der Waals surface area contributed by atoms with Gasteiger partial charge in [-0.3, -0.25) is 0 Å². The van der Waals surface area contributed by atoms with Gasteiger partial charge in [-0.25, -0.2) is 18.4 Å². The quantitative estimate of drug-likeness (QED) is 0.609. The summed E-state index contributed by atoms with van der Waals surface area (Å²) in [6.45, 7) is 1.71. The molecule has 0 unspecified atom stereocenters. The Bertz CT molecular complexity index is 458. The molecule has 1 N–H and O–H groups in total. The van der Waals surface area contributed by atoms with Gasteiger partial charge >= 0.3 is 0 Å². The summed E-state index contributed by atoms with van der Waals surface area (Å²) in [5.74, 6) is 0.422. The van der Waals surface area contributed by atoms with Crippen molar-refractivity contribution < 1.29 is 8.42 Å². The molecule has 78 valence electrons. The molecule has 1 rings (SSSR count). The van der Waals surface area contributed by atoms with E-state index in [9.17, 15) is 8.42 Å². The zero-order valence-electron chi connectivity index (χ0n) is 8.00. The molecule has 0 saturated carbocycles. The fraction of sp³-hybridized carbons (Fsp3) is 0.429. The molecule has 7 heteroatoms. The number of halogens is 1. The minimum absolute atomic E-state index is 0.143. The molecule has 0 spiro atoms. The molecule has 1 heterocycles. The zero-order valence-corrected chi connectivity index (χ0v) is 9.57. The third-order valence-electron chi connectivity index (χ3n) is 1.63. The van der Waals surface area contributed by atoms with Gasteiger partial charge < -0.3 is 5.32 Å². The lowest BCUT2D eigenvalue weighted by Gasteiger charge is -2.06. The van der Waals surface area contributed by atoms with Crippen molar-refractivity contribution in [2.24, 2.45) is 0 Å². The van der Waals surface area contributed by atoms with Crippen LogP contribution in [0.25, 0.3) is 0 Å². The van der Waals surface area contributed by atoms with E-state index in [4.69, 9.17) is 11.6 Å². The average molecular weight is 236 g/mol. The molecule has 1 aromatic rings. The van der Waals surface area contributed by atoms with Gasteiger partial charge in [-0.2, -0.15) is 0 Å². The van der Waals surface area contributed by atoms with Crippen LogP contribution in [0.3, 0.4) is 0 Å². The zero-order chi connectivity index (χ0) is 10.9. The van der Waals surface area contributed by atoms with Crippen molar-refractivity contribution in [3.8, 4) is 0 Å². The Morgan fingerprint density at radius 2 is 1.93 bits per heavy atom. The van der Waals surface area contributed by atoms with Crippen LogP contribution in [0.4, 0.5) is 5.82 Å². The SMILES string of the molecule is CNc1nc(S(C)(=O)=O)nc(Cl)c1C. The standard InChI is InChI=1S/C7H10ClN3O2S/c1-4-5(8)10-7(14(3,12)13)11-6(4)9-2/h1-3H3,(H,9,10,11). The first kappa shape index (κ1) is 11.2. The first-order chi connectivity index (χ1) is 6.36. The Kier molecular flexibility index (Phi) is 2.96. The maximum atomic E-state index is 11.2. The third-order valence-corrected chi connectivity index (χ3v) is 2.85. The normalized spacial score (nSPS) is 11.4. The predicted octanol–water partition coefficient (Wildman–Crippen LogP) is 0.884. The second-order valence-corrected chi connectivity index (χ2v) is 5.06. The van der Waals surface area contributed by atoms with Crippen LogP contribution >= 0.6 is 11.6 Å². The first-order valence-corrected chi connectivity index (χ1v) is 6.05. The fourth-order valence-corrected chi connectivity index (χ4v) is 1.61. The highest BCUT2D eigenvalue weighted by atomic mass is 35.5. The molecule has 0 fully saturated rings. The second kappa shape index (κ2) is 3.70. The topological polar surface area (TPSA) is 72.0 Å². The Labute approximate surface area is 87.4 Å². The van der Waals surface area contributed by atoms with Crippen molar-refractivity contribution >= 4 is 27.3 Å². The molecule has 0 aliphatic heterocycles. The van der Waals surface area contributed by atoms with Crippen LogP contribution in [0, 0.1) is 6.92 Å². The molecule has 0 saturated heterocycles. The van der Waals surface area contributed by atoms with Gasteiger partial charge in [0.15, 0.2) is 0 Å². The summed E-state index contributed by atoms with van der Waals surface area (Å²) in [7, 11) is -1.78. The fourth-order valence-electron chi connectivity index (χ4n) is 0.879. The maximum absolute atomic E-state index is 11.2. The molecule has 14 heavy (non-hydrogen) atoms. The number of nitrogens with one attached hydrogen (secondary N) is 1. The summed E-state index contributed by atoms with van der Waals surface area (Å²) in [5, 5.41) is 2.63. The van der Waals surface area contributed by atoms with E-state index < -0.39 is 9.84 Å².